The Balaban J connectivity index is 1.78. The summed E-state index contributed by atoms with van der Waals surface area (Å²) < 4.78 is 5.66. The average molecular weight is 365 g/mol. The van der Waals surface area contributed by atoms with E-state index < -0.39 is 0 Å². The van der Waals surface area contributed by atoms with E-state index in [9.17, 15) is 4.79 Å². The molecule has 1 saturated heterocycles. The second-order valence-electron chi connectivity index (χ2n) is 6.78. The molecule has 0 radical (unpaired) electrons. The summed E-state index contributed by atoms with van der Waals surface area (Å²) in [6, 6.07) is 15.6. The Morgan fingerprint density at radius 1 is 1.22 bits per heavy atom. The van der Waals surface area contributed by atoms with Crippen LogP contribution in [-0.2, 0) is 11.2 Å². The van der Waals surface area contributed by atoms with E-state index in [-0.39, 0.29) is 12.0 Å². The van der Waals surface area contributed by atoms with Crippen LogP contribution < -0.4 is 10.6 Å². The number of aryl methyl sites for hydroxylation is 2. The molecule has 1 aliphatic rings. The van der Waals surface area contributed by atoms with E-state index >= 15 is 0 Å². The minimum Gasteiger partial charge on any atom is -0.376 e. The number of ether oxygens (including phenoxy) is 1. The van der Waals surface area contributed by atoms with Gasteiger partial charge in [0.2, 0.25) is 5.96 Å². The van der Waals surface area contributed by atoms with E-state index in [4.69, 9.17) is 4.74 Å². The Morgan fingerprint density at radius 2 is 2.07 bits per heavy atom. The maximum atomic E-state index is 12.7. The summed E-state index contributed by atoms with van der Waals surface area (Å²) in [6.45, 7) is 5.40. The van der Waals surface area contributed by atoms with Gasteiger partial charge in [-0.3, -0.25) is 10.1 Å². The SMILES string of the molecule is CCc1ccccc1NC(=NC[C@@H]1CCCO1)NC(=O)c1cccc(C)c1. The van der Waals surface area contributed by atoms with Gasteiger partial charge < -0.3 is 10.1 Å². The molecule has 1 heterocycles. The highest BCUT2D eigenvalue weighted by atomic mass is 16.5. The number of anilines is 1. The molecule has 0 aliphatic carbocycles. The van der Waals surface area contributed by atoms with Crippen molar-refractivity contribution in [3.05, 3.63) is 65.2 Å². The number of benzene rings is 2. The molecule has 1 fully saturated rings. The largest absolute Gasteiger partial charge is 0.376 e. The summed E-state index contributed by atoms with van der Waals surface area (Å²) in [5.74, 6) is 0.282. The lowest BCUT2D eigenvalue weighted by Gasteiger charge is -2.15. The number of rotatable bonds is 5. The normalized spacial score (nSPS) is 17.0. The molecule has 1 aliphatic heterocycles. The van der Waals surface area contributed by atoms with Crippen LogP contribution in [0.15, 0.2) is 53.5 Å². The third kappa shape index (κ3) is 5.41. The summed E-state index contributed by atoms with van der Waals surface area (Å²) in [6.07, 6.45) is 3.10. The smallest absolute Gasteiger partial charge is 0.257 e. The first-order chi connectivity index (χ1) is 13.2. The van der Waals surface area contributed by atoms with Gasteiger partial charge in [-0.1, -0.05) is 42.8 Å². The molecule has 3 rings (SSSR count). The van der Waals surface area contributed by atoms with Gasteiger partial charge in [0.05, 0.1) is 12.6 Å². The van der Waals surface area contributed by atoms with E-state index in [1.807, 2.05) is 43.3 Å². The number of hydrogen-bond acceptors (Lipinski definition) is 3. The number of nitrogens with zero attached hydrogens (tertiary/aromatic N) is 1. The molecule has 142 valence electrons. The predicted molar refractivity (Wildman–Crippen MR) is 109 cm³/mol. The summed E-state index contributed by atoms with van der Waals surface area (Å²) >= 11 is 0. The number of nitrogens with one attached hydrogen (secondary N) is 2. The van der Waals surface area contributed by atoms with Crippen molar-refractivity contribution in [2.75, 3.05) is 18.5 Å². The van der Waals surface area contributed by atoms with Crippen LogP contribution in [0.2, 0.25) is 0 Å². The van der Waals surface area contributed by atoms with Gasteiger partial charge in [0.25, 0.3) is 5.91 Å². The quantitative estimate of drug-likeness (QED) is 0.623. The van der Waals surface area contributed by atoms with Crippen molar-refractivity contribution in [1.29, 1.82) is 0 Å². The van der Waals surface area contributed by atoms with Gasteiger partial charge in [-0.25, -0.2) is 4.99 Å². The zero-order valence-corrected chi connectivity index (χ0v) is 16.0. The van der Waals surface area contributed by atoms with Crippen molar-refractivity contribution in [1.82, 2.24) is 5.32 Å². The molecule has 5 heteroatoms. The second kappa shape index (κ2) is 9.33. The van der Waals surface area contributed by atoms with Crippen molar-refractivity contribution in [3.63, 3.8) is 0 Å². The second-order valence-corrected chi connectivity index (χ2v) is 6.78. The van der Waals surface area contributed by atoms with Crippen LogP contribution >= 0.6 is 0 Å². The Labute approximate surface area is 160 Å². The number of hydrogen-bond donors (Lipinski definition) is 2. The zero-order chi connectivity index (χ0) is 19.1. The van der Waals surface area contributed by atoms with Crippen LogP contribution in [0.4, 0.5) is 5.69 Å². The molecular weight excluding hydrogens is 338 g/mol. The lowest BCUT2D eigenvalue weighted by molar-refractivity contribution is 0.0975. The topological polar surface area (TPSA) is 62.7 Å². The third-order valence-corrected chi connectivity index (χ3v) is 4.64. The highest BCUT2D eigenvalue weighted by Gasteiger charge is 2.16. The number of para-hydroxylation sites is 1. The van der Waals surface area contributed by atoms with E-state index in [1.54, 1.807) is 6.07 Å². The molecule has 0 bridgehead atoms. The Kier molecular flexibility index (Phi) is 6.60. The van der Waals surface area contributed by atoms with Gasteiger partial charge in [0.15, 0.2) is 0 Å². The molecule has 27 heavy (non-hydrogen) atoms. The maximum Gasteiger partial charge on any atom is 0.257 e. The average Bonchev–Trinajstić information content (AvgIpc) is 3.20. The fourth-order valence-corrected chi connectivity index (χ4v) is 3.14. The molecule has 2 aromatic rings. The van der Waals surface area contributed by atoms with Gasteiger partial charge >= 0.3 is 0 Å². The number of amides is 1. The van der Waals surface area contributed by atoms with Crippen LogP contribution in [0, 0.1) is 6.92 Å². The van der Waals surface area contributed by atoms with Crippen molar-refractivity contribution in [3.8, 4) is 0 Å². The zero-order valence-electron chi connectivity index (χ0n) is 16.0. The van der Waals surface area contributed by atoms with Crippen molar-refractivity contribution in [2.45, 2.75) is 39.2 Å². The van der Waals surface area contributed by atoms with Crippen LogP contribution in [-0.4, -0.2) is 31.1 Å². The summed E-state index contributed by atoms with van der Waals surface area (Å²) in [5, 5.41) is 6.23. The monoisotopic (exact) mass is 365 g/mol. The fraction of sp³-hybridized carbons (Fsp3) is 0.364. The van der Waals surface area contributed by atoms with Crippen molar-refractivity contribution < 1.29 is 9.53 Å². The van der Waals surface area contributed by atoms with Gasteiger partial charge in [0.1, 0.15) is 0 Å². The van der Waals surface area contributed by atoms with E-state index in [2.05, 4.69) is 28.6 Å². The molecule has 2 N–H and O–H groups in total. The molecule has 0 saturated carbocycles. The first-order valence-corrected chi connectivity index (χ1v) is 9.54. The van der Waals surface area contributed by atoms with E-state index in [0.29, 0.717) is 18.1 Å². The summed E-state index contributed by atoms with van der Waals surface area (Å²) in [7, 11) is 0. The summed E-state index contributed by atoms with van der Waals surface area (Å²) in [4.78, 5) is 17.3. The van der Waals surface area contributed by atoms with E-state index in [0.717, 1.165) is 37.1 Å². The minimum atomic E-state index is -0.175. The molecule has 1 atom stereocenters. The lowest BCUT2D eigenvalue weighted by atomic mass is 10.1. The Hall–Kier alpha value is -2.66. The first kappa shape index (κ1) is 19.1. The van der Waals surface area contributed by atoms with Crippen molar-refractivity contribution in [2.24, 2.45) is 4.99 Å². The molecule has 0 aromatic heterocycles. The van der Waals surface area contributed by atoms with E-state index in [1.165, 1.54) is 5.56 Å². The highest BCUT2D eigenvalue weighted by molar-refractivity contribution is 6.10. The molecule has 0 unspecified atom stereocenters. The van der Waals surface area contributed by atoms with Crippen LogP contribution in [0.1, 0.15) is 41.3 Å². The number of aliphatic imine (C=N–C) groups is 1. The molecule has 0 spiro atoms. The first-order valence-electron chi connectivity index (χ1n) is 9.54. The van der Waals surface area contributed by atoms with Crippen molar-refractivity contribution >= 4 is 17.6 Å². The van der Waals surface area contributed by atoms with Gasteiger partial charge in [-0.15, -0.1) is 0 Å². The Morgan fingerprint density at radius 3 is 2.81 bits per heavy atom. The van der Waals surface area contributed by atoms with Crippen LogP contribution in [0.25, 0.3) is 0 Å². The highest BCUT2D eigenvalue weighted by Crippen LogP contribution is 2.16. The maximum absolute atomic E-state index is 12.7. The predicted octanol–water partition coefficient (Wildman–Crippen LogP) is 3.93. The van der Waals surface area contributed by atoms with Crippen LogP contribution in [0.5, 0.6) is 0 Å². The third-order valence-electron chi connectivity index (χ3n) is 4.64. The molecule has 1 amide bonds. The van der Waals surface area contributed by atoms with Gasteiger partial charge in [-0.2, -0.15) is 0 Å². The lowest BCUT2D eigenvalue weighted by Crippen LogP contribution is -2.37. The van der Waals surface area contributed by atoms with Crippen LogP contribution in [0.3, 0.4) is 0 Å². The Bertz CT molecular complexity index is 811. The number of guanidine groups is 1. The molecular formula is C22H27N3O2. The summed E-state index contributed by atoms with van der Waals surface area (Å²) in [5.41, 5.74) is 3.79. The number of carbonyl (C=O) groups excluding carboxylic acids is 1. The minimum absolute atomic E-state index is 0.124. The fourth-order valence-electron chi connectivity index (χ4n) is 3.14. The van der Waals surface area contributed by atoms with Gasteiger partial charge in [0, 0.05) is 17.9 Å². The molecule has 5 nitrogen and oxygen atoms in total. The molecule has 2 aromatic carbocycles. The number of carbonyl (C=O) groups is 1. The van der Waals surface area contributed by atoms with Gasteiger partial charge in [-0.05, 0) is 49.9 Å². The standard InChI is InChI=1S/C22H27N3O2/c1-3-17-9-4-5-12-20(17)24-22(23-15-19-11-7-13-27-19)25-21(26)18-10-6-8-16(2)14-18/h4-6,8-10,12,14,19H,3,7,11,13,15H2,1-2H3,(H2,23,24,25,26)/t19-/m0/s1.